The number of carbonyl (C=O) groups is 2. The largest absolute Gasteiger partial charge is 0.352 e. The Morgan fingerprint density at radius 2 is 1.65 bits per heavy atom. The van der Waals surface area contributed by atoms with Gasteiger partial charge in [-0.05, 0) is 48.9 Å². The van der Waals surface area contributed by atoms with Gasteiger partial charge in [0.25, 0.3) is 0 Å². The van der Waals surface area contributed by atoms with Crippen LogP contribution in [0, 0.1) is 0 Å². The molecule has 0 unspecified atom stereocenters. The predicted octanol–water partition coefficient (Wildman–Crippen LogP) is 4.84. The molecule has 3 aromatic rings. The molecule has 0 spiro atoms. The van der Waals surface area contributed by atoms with Crippen LogP contribution in [0.4, 0.5) is 5.69 Å². The standard InChI is InChI=1S/C28H32BrN3O4S/c1-20(28(34)30-24-10-4-5-11-24)31(18-21-14-16-23(29)17-15-21)27(33)19-32(37(2,35)36)26-13-7-9-22-8-3-6-12-25(22)26/h3,6-9,12-17,20,24H,4-5,10-11,18-19H2,1-2H3,(H,30,34)/t20-/m1/s1. The van der Waals surface area contributed by atoms with Gasteiger partial charge in [0.2, 0.25) is 21.8 Å². The minimum absolute atomic E-state index is 0.114. The molecule has 1 aliphatic carbocycles. The third-order valence-corrected chi connectivity index (χ3v) is 8.50. The first-order valence-electron chi connectivity index (χ1n) is 12.4. The molecule has 0 aliphatic heterocycles. The smallest absolute Gasteiger partial charge is 0.244 e. The predicted molar refractivity (Wildman–Crippen MR) is 151 cm³/mol. The quantitative estimate of drug-likeness (QED) is 0.389. The van der Waals surface area contributed by atoms with Crippen LogP contribution in [-0.2, 0) is 26.2 Å². The van der Waals surface area contributed by atoms with Gasteiger partial charge in [-0.25, -0.2) is 8.42 Å². The lowest BCUT2D eigenvalue weighted by Gasteiger charge is -2.32. The second kappa shape index (κ2) is 11.6. The number of nitrogens with one attached hydrogen (secondary N) is 1. The van der Waals surface area contributed by atoms with Crippen LogP contribution in [0.25, 0.3) is 10.8 Å². The Morgan fingerprint density at radius 3 is 2.32 bits per heavy atom. The van der Waals surface area contributed by atoms with Crippen molar-refractivity contribution in [2.45, 2.75) is 51.2 Å². The average Bonchev–Trinajstić information content (AvgIpc) is 3.38. The van der Waals surface area contributed by atoms with E-state index in [1.165, 1.54) is 4.90 Å². The Bertz CT molecular complexity index is 1370. The van der Waals surface area contributed by atoms with E-state index < -0.39 is 28.5 Å². The molecule has 0 radical (unpaired) electrons. The van der Waals surface area contributed by atoms with Crippen LogP contribution in [0.15, 0.2) is 71.2 Å². The number of amides is 2. The topological polar surface area (TPSA) is 86.8 Å². The van der Waals surface area contributed by atoms with Gasteiger partial charge in [0.15, 0.2) is 0 Å². The Balaban J connectivity index is 1.65. The fraction of sp³-hybridized carbons (Fsp3) is 0.357. The van der Waals surface area contributed by atoms with Crippen molar-refractivity contribution in [3.8, 4) is 0 Å². The zero-order valence-electron chi connectivity index (χ0n) is 21.1. The van der Waals surface area contributed by atoms with E-state index in [9.17, 15) is 18.0 Å². The van der Waals surface area contributed by atoms with E-state index in [0.717, 1.165) is 57.1 Å². The van der Waals surface area contributed by atoms with Gasteiger partial charge in [0, 0.05) is 22.4 Å². The zero-order chi connectivity index (χ0) is 26.6. The summed E-state index contributed by atoms with van der Waals surface area (Å²) >= 11 is 3.42. The number of halogens is 1. The van der Waals surface area contributed by atoms with E-state index in [-0.39, 0.29) is 18.5 Å². The minimum Gasteiger partial charge on any atom is -0.352 e. The first kappa shape index (κ1) is 27.1. The summed E-state index contributed by atoms with van der Waals surface area (Å²) in [7, 11) is -3.80. The summed E-state index contributed by atoms with van der Waals surface area (Å²) in [4.78, 5) is 28.4. The second-order valence-electron chi connectivity index (χ2n) is 9.58. The number of fused-ring (bicyclic) bond motifs is 1. The summed E-state index contributed by atoms with van der Waals surface area (Å²) in [5, 5.41) is 4.68. The van der Waals surface area contributed by atoms with Crippen molar-refractivity contribution in [3.05, 3.63) is 76.8 Å². The molecule has 7 nitrogen and oxygen atoms in total. The number of hydrogen-bond acceptors (Lipinski definition) is 4. The van der Waals surface area contributed by atoms with Crippen LogP contribution in [0.1, 0.15) is 38.2 Å². The molecule has 3 aromatic carbocycles. The summed E-state index contributed by atoms with van der Waals surface area (Å²) in [6.07, 6.45) is 5.12. The molecule has 0 bridgehead atoms. The number of rotatable bonds is 9. The van der Waals surface area contributed by atoms with Gasteiger partial charge in [-0.3, -0.25) is 13.9 Å². The van der Waals surface area contributed by atoms with Crippen LogP contribution in [0.5, 0.6) is 0 Å². The van der Waals surface area contributed by atoms with Gasteiger partial charge in [-0.15, -0.1) is 0 Å². The maximum absolute atomic E-state index is 13.8. The maximum atomic E-state index is 13.8. The SMILES string of the molecule is C[C@H](C(=O)NC1CCCC1)N(Cc1ccc(Br)cc1)C(=O)CN(c1cccc2ccccc12)S(C)(=O)=O. The Morgan fingerprint density at radius 1 is 1.00 bits per heavy atom. The van der Waals surface area contributed by atoms with E-state index in [0.29, 0.717) is 5.69 Å². The fourth-order valence-electron chi connectivity index (χ4n) is 4.78. The molecule has 1 fully saturated rings. The number of nitrogens with zero attached hydrogens (tertiary/aromatic N) is 2. The molecule has 1 saturated carbocycles. The van der Waals surface area contributed by atoms with E-state index >= 15 is 0 Å². The number of hydrogen-bond donors (Lipinski definition) is 1. The first-order valence-corrected chi connectivity index (χ1v) is 15.1. The summed E-state index contributed by atoms with van der Waals surface area (Å²) in [5.74, 6) is -0.677. The first-order chi connectivity index (χ1) is 17.6. The van der Waals surface area contributed by atoms with Crippen molar-refractivity contribution in [1.29, 1.82) is 0 Å². The molecule has 2 amide bonds. The van der Waals surface area contributed by atoms with Crippen molar-refractivity contribution in [2.75, 3.05) is 17.1 Å². The van der Waals surface area contributed by atoms with Crippen LogP contribution >= 0.6 is 15.9 Å². The highest BCUT2D eigenvalue weighted by molar-refractivity contribution is 9.10. The Labute approximate surface area is 227 Å². The number of sulfonamides is 1. The van der Waals surface area contributed by atoms with Gasteiger partial charge in [0.1, 0.15) is 12.6 Å². The van der Waals surface area contributed by atoms with Crippen LogP contribution in [0.2, 0.25) is 0 Å². The van der Waals surface area contributed by atoms with Crippen LogP contribution < -0.4 is 9.62 Å². The van der Waals surface area contributed by atoms with Crippen LogP contribution in [0.3, 0.4) is 0 Å². The molecule has 1 N–H and O–H groups in total. The molecular weight excluding hydrogens is 554 g/mol. The molecule has 9 heteroatoms. The molecule has 0 heterocycles. The van der Waals surface area contributed by atoms with Gasteiger partial charge in [0.05, 0.1) is 11.9 Å². The second-order valence-corrected chi connectivity index (χ2v) is 12.4. The Hall–Kier alpha value is -2.91. The molecule has 4 rings (SSSR count). The van der Waals surface area contributed by atoms with E-state index in [1.807, 2.05) is 54.6 Å². The van der Waals surface area contributed by atoms with Crippen LogP contribution in [-0.4, -0.2) is 50.0 Å². The lowest BCUT2D eigenvalue weighted by molar-refractivity contribution is -0.139. The lowest BCUT2D eigenvalue weighted by atomic mass is 10.1. The van der Waals surface area contributed by atoms with Gasteiger partial charge < -0.3 is 10.2 Å². The molecule has 37 heavy (non-hydrogen) atoms. The molecule has 1 atom stereocenters. The third kappa shape index (κ3) is 6.70. The molecule has 0 saturated heterocycles. The zero-order valence-corrected chi connectivity index (χ0v) is 23.5. The summed E-state index contributed by atoms with van der Waals surface area (Å²) in [6, 6.07) is 19.7. The third-order valence-electron chi connectivity index (χ3n) is 6.85. The summed E-state index contributed by atoms with van der Waals surface area (Å²) in [5.41, 5.74) is 1.27. The number of anilines is 1. The van der Waals surface area contributed by atoms with Crippen molar-refractivity contribution >= 4 is 54.2 Å². The minimum atomic E-state index is -3.80. The maximum Gasteiger partial charge on any atom is 0.244 e. The van der Waals surface area contributed by atoms with E-state index in [4.69, 9.17) is 0 Å². The normalized spacial score (nSPS) is 14.9. The molecule has 196 valence electrons. The number of benzene rings is 3. The molecule has 0 aromatic heterocycles. The van der Waals surface area contributed by atoms with Crippen molar-refractivity contribution in [2.24, 2.45) is 0 Å². The summed E-state index contributed by atoms with van der Waals surface area (Å²) < 4.78 is 27.9. The molecular formula is C28H32BrN3O4S. The van der Waals surface area contributed by atoms with E-state index in [1.54, 1.807) is 19.1 Å². The monoisotopic (exact) mass is 585 g/mol. The Kier molecular flexibility index (Phi) is 8.54. The van der Waals surface area contributed by atoms with Crippen molar-refractivity contribution in [1.82, 2.24) is 10.2 Å². The summed E-state index contributed by atoms with van der Waals surface area (Å²) in [6.45, 7) is 1.46. The van der Waals surface area contributed by atoms with Crippen molar-refractivity contribution in [3.63, 3.8) is 0 Å². The number of carbonyl (C=O) groups excluding carboxylic acids is 2. The lowest BCUT2D eigenvalue weighted by Crippen LogP contribution is -2.52. The van der Waals surface area contributed by atoms with Gasteiger partial charge >= 0.3 is 0 Å². The highest BCUT2D eigenvalue weighted by Gasteiger charge is 2.31. The van der Waals surface area contributed by atoms with Gasteiger partial charge in [-0.1, -0.05) is 77.3 Å². The molecule has 1 aliphatic rings. The van der Waals surface area contributed by atoms with Gasteiger partial charge in [-0.2, -0.15) is 0 Å². The van der Waals surface area contributed by atoms with Crippen molar-refractivity contribution < 1.29 is 18.0 Å². The average molecular weight is 587 g/mol. The highest BCUT2D eigenvalue weighted by Crippen LogP contribution is 2.29. The highest BCUT2D eigenvalue weighted by atomic mass is 79.9. The fourth-order valence-corrected chi connectivity index (χ4v) is 5.91. The van der Waals surface area contributed by atoms with E-state index in [2.05, 4.69) is 21.2 Å².